The lowest BCUT2D eigenvalue weighted by Gasteiger charge is -2.00. The van der Waals surface area contributed by atoms with Gasteiger partial charge < -0.3 is 10.7 Å². The van der Waals surface area contributed by atoms with Crippen molar-refractivity contribution in [1.29, 1.82) is 0 Å². The maximum atomic E-state index is 12.3. The monoisotopic (exact) mass is 300 g/mol. The third kappa shape index (κ3) is 2.50. The number of ketones is 1. The zero-order valence-corrected chi connectivity index (χ0v) is 12.0. The van der Waals surface area contributed by atoms with Gasteiger partial charge in [0.15, 0.2) is 10.9 Å². The van der Waals surface area contributed by atoms with Crippen molar-refractivity contribution < 1.29 is 9.59 Å². The van der Waals surface area contributed by atoms with Crippen LogP contribution in [0.5, 0.6) is 0 Å². The fraction of sp³-hybridized carbons (Fsp3) is 0.0714. The Morgan fingerprint density at radius 2 is 2.19 bits per heavy atom. The Kier molecular flexibility index (Phi) is 3.19. The van der Waals surface area contributed by atoms with E-state index in [1.54, 1.807) is 23.7 Å². The van der Waals surface area contributed by atoms with Crippen molar-refractivity contribution in [2.45, 2.75) is 6.92 Å². The first-order valence-electron chi connectivity index (χ1n) is 6.19. The number of nitrogens with one attached hydrogen (secondary N) is 2. The first-order chi connectivity index (χ1) is 10.0. The molecule has 4 N–H and O–H groups in total. The van der Waals surface area contributed by atoms with Crippen molar-refractivity contribution in [1.82, 2.24) is 9.97 Å². The molecule has 0 radical (unpaired) electrons. The summed E-state index contributed by atoms with van der Waals surface area (Å²) in [5.41, 5.74) is 8.00. The summed E-state index contributed by atoms with van der Waals surface area (Å²) in [5, 5.41) is 5.44. The standard InChI is InChI=1S/C14H12N4O2S/c1-7(19)12-6-21-14(17-12)18-13(20)10-5-16-11-3-2-8(15)4-9(10)11/h2-6,16H,15H2,1H3,(H,17,18,20). The number of hydrogen-bond donors (Lipinski definition) is 3. The fourth-order valence-corrected chi connectivity index (χ4v) is 2.73. The summed E-state index contributed by atoms with van der Waals surface area (Å²) in [5.74, 6) is -0.428. The van der Waals surface area contributed by atoms with Crippen LogP contribution >= 0.6 is 11.3 Å². The van der Waals surface area contributed by atoms with Crippen LogP contribution in [0.1, 0.15) is 27.8 Å². The van der Waals surface area contributed by atoms with Crippen molar-refractivity contribution in [3.05, 3.63) is 41.0 Å². The molecule has 7 heteroatoms. The van der Waals surface area contributed by atoms with E-state index in [0.717, 1.165) is 10.9 Å². The summed E-state index contributed by atoms with van der Waals surface area (Å²) in [6, 6.07) is 5.32. The van der Waals surface area contributed by atoms with Gasteiger partial charge in [0.05, 0.1) is 5.56 Å². The summed E-state index contributed by atoms with van der Waals surface area (Å²) in [7, 11) is 0. The zero-order valence-electron chi connectivity index (χ0n) is 11.1. The Morgan fingerprint density at radius 3 is 2.90 bits per heavy atom. The highest BCUT2D eigenvalue weighted by Gasteiger charge is 2.14. The van der Waals surface area contributed by atoms with E-state index in [4.69, 9.17) is 5.73 Å². The molecule has 0 aliphatic carbocycles. The minimum Gasteiger partial charge on any atom is -0.399 e. The third-order valence-electron chi connectivity index (χ3n) is 3.04. The smallest absolute Gasteiger partial charge is 0.259 e. The lowest BCUT2D eigenvalue weighted by atomic mass is 10.1. The normalized spacial score (nSPS) is 10.7. The lowest BCUT2D eigenvalue weighted by Crippen LogP contribution is -2.11. The largest absolute Gasteiger partial charge is 0.399 e. The maximum Gasteiger partial charge on any atom is 0.259 e. The molecule has 0 aliphatic rings. The van der Waals surface area contributed by atoms with Crippen LogP contribution in [-0.4, -0.2) is 21.7 Å². The Hall–Kier alpha value is -2.67. The van der Waals surface area contributed by atoms with Gasteiger partial charge in [0.1, 0.15) is 5.69 Å². The molecular weight excluding hydrogens is 288 g/mol. The average molecular weight is 300 g/mol. The van der Waals surface area contributed by atoms with Crippen molar-refractivity contribution >= 4 is 44.7 Å². The highest BCUT2D eigenvalue weighted by atomic mass is 32.1. The fourth-order valence-electron chi connectivity index (χ4n) is 1.98. The number of Topliss-reactive ketones (excluding diaryl/α,β-unsaturated/α-hetero) is 1. The van der Waals surface area contributed by atoms with E-state index in [0.29, 0.717) is 22.1 Å². The van der Waals surface area contributed by atoms with Gasteiger partial charge in [0.2, 0.25) is 0 Å². The van der Waals surface area contributed by atoms with Crippen LogP contribution in [0.25, 0.3) is 10.9 Å². The molecule has 6 nitrogen and oxygen atoms in total. The molecule has 0 aliphatic heterocycles. The second-order valence-electron chi connectivity index (χ2n) is 4.56. The number of H-pyrrole nitrogens is 1. The summed E-state index contributed by atoms with van der Waals surface area (Å²) < 4.78 is 0. The minimum absolute atomic E-state index is 0.133. The molecule has 3 aromatic rings. The van der Waals surface area contributed by atoms with Crippen molar-refractivity contribution in [3.8, 4) is 0 Å². The number of rotatable bonds is 3. The Balaban J connectivity index is 1.89. The van der Waals surface area contributed by atoms with Crippen molar-refractivity contribution in [2.75, 3.05) is 11.1 Å². The number of aromatic nitrogens is 2. The van der Waals surface area contributed by atoms with Crippen LogP contribution in [-0.2, 0) is 0 Å². The maximum absolute atomic E-state index is 12.3. The van der Waals surface area contributed by atoms with Crippen LogP contribution in [0.3, 0.4) is 0 Å². The predicted molar refractivity (Wildman–Crippen MR) is 82.8 cm³/mol. The van der Waals surface area contributed by atoms with Gasteiger partial charge >= 0.3 is 0 Å². The third-order valence-corrected chi connectivity index (χ3v) is 3.79. The Morgan fingerprint density at radius 1 is 1.38 bits per heavy atom. The van der Waals surface area contributed by atoms with E-state index in [2.05, 4.69) is 15.3 Å². The number of aromatic amines is 1. The molecule has 106 valence electrons. The van der Waals surface area contributed by atoms with Gasteiger partial charge in [-0.1, -0.05) is 0 Å². The topological polar surface area (TPSA) is 101 Å². The number of hydrogen-bond acceptors (Lipinski definition) is 5. The molecule has 21 heavy (non-hydrogen) atoms. The molecule has 0 bridgehead atoms. The second kappa shape index (κ2) is 5.02. The molecule has 0 saturated heterocycles. The van der Waals surface area contributed by atoms with Gasteiger partial charge in [-0.25, -0.2) is 4.98 Å². The Labute approximate surface area is 124 Å². The number of thiazole rings is 1. The number of nitrogen functional groups attached to an aromatic ring is 1. The van der Waals surface area contributed by atoms with E-state index in [-0.39, 0.29) is 11.7 Å². The number of amides is 1. The molecule has 1 amide bonds. The number of benzene rings is 1. The average Bonchev–Trinajstić information content (AvgIpc) is 3.04. The number of carbonyl (C=O) groups excluding carboxylic acids is 2. The summed E-state index contributed by atoms with van der Waals surface area (Å²) in [6.07, 6.45) is 1.62. The van der Waals surface area contributed by atoms with Gasteiger partial charge in [-0.3, -0.25) is 14.9 Å². The lowest BCUT2D eigenvalue weighted by molar-refractivity contribution is 0.100. The second-order valence-corrected chi connectivity index (χ2v) is 5.41. The molecule has 3 rings (SSSR count). The van der Waals surface area contributed by atoms with Gasteiger partial charge in [0.25, 0.3) is 5.91 Å². The van der Waals surface area contributed by atoms with Crippen molar-refractivity contribution in [3.63, 3.8) is 0 Å². The minimum atomic E-state index is -0.295. The van der Waals surface area contributed by atoms with E-state index >= 15 is 0 Å². The summed E-state index contributed by atoms with van der Waals surface area (Å²) in [4.78, 5) is 30.6. The van der Waals surface area contributed by atoms with Crippen LogP contribution in [0, 0.1) is 0 Å². The van der Waals surface area contributed by atoms with E-state index in [1.807, 2.05) is 6.07 Å². The molecule has 2 aromatic heterocycles. The number of nitrogens with two attached hydrogens (primary N) is 1. The first kappa shape index (κ1) is 13.3. The molecule has 2 heterocycles. The van der Waals surface area contributed by atoms with Gasteiger partial charge in [-0.05, 0) is 18.2 Å². The molecule has 0 spiro atoms. The number of anilines is 2. The number of nitrogens with zero attached hydrogens (tertiary/aromatic N) is 1. The number of carbonyl (C=O) groups is 2. The van der Waals surface area contributed by atoms with Crippen LogP contribution in [0.2, 0.25) is 0 Å². The predicted octanol–water partition coefficient (Wildman–Crippen LogP) is 2.66. The summed E-state index contributed by atoms with van der Waals surface area (Å²) in [6.45, 7) is 1.43. The molecule has 0 saturated carbocycles. The highest BCUT2D eigenvalue weighted by molar-refractivity contribution is 7.14. The molecule has 0 fully saturated rings. The quantitative estimate of drug-likeness (QED) is 0.511. The highest BCUT2D eigenvalue weighted by Crippen LogP contribution is 2.23. The van der Waals surface area contributed by atoms with Crippen molar-refractivity contribution in [2.24, 2.45) is 0 Å². The molecule has 0 unspecified atom stereocenters. The van der Waals surface area contributed by atoms with E-state index < -0.39 is 0 Å². The summed E-state index contributed by atoms with van der Waals surface area (Å²) >= 11 is 1.21. The van der Waals surface area contributed by atoms with Gasteiger partial charge in [-0.2, -0.15) is 0 Å². The van der Waals surface area contributed by atoms with Crippen LogP contribution in [0.4, 0.5) is 10.8 Å². The molecule has 1 aromatic carbocycles. The first-order valence-corrected chi connectivity index (χ1v) is 7.07. The number of fused-ring (bicyclic) bond motifs is 1. The van der Waals surface area contributed by atoms with E-state index in [9.17, 15) is 9.59 Å². The van der Waals surface area contributed by atoms with E-state index in [1.165, 1.54) is 18.3 Å². The SMILES string of the molecule is CC(=O)c1csc(NC(=O)c2c[nH]c3ccc(N)cc23)n1. The zero-order chi connectivity index (χ0) is 15.0. The van der Waals surface area contributed by atoms with Gasteiger partial charge in [0, 0.05) is 35.1 Å². The molecule has 0 atom stereocenters. The van der Waals surface area contributed by atoms with Crippen LogP contribution in [0.15, 0.2) is 29.8 Å². The molecular formula is C14H12N4O2S. The van der Waals surface area contributed by atoms with Crippen LogP contribution < -0.4 is 11.1 Å². The van der Waals surface area contributed by atoms with Gasteiger partial charge in [-0.15, -0.1) is 11.3 Å². The Bertz CT molecular complexity index is 850.